The number of carbonyl (C=O) groups is 3. The molecule has 204 valence electrons. The van der Waals surface area contributed by atoms with Crippen LogP contribution < -0.4 is 15.4 Å². The first-order chi connectivity index (χ1) is 19.4. The third-order valence-corrected chi connectivity index (χ3v) is 7.73. The predicted octanol–water partition coefficient (Wildman–Crippen LogP) is 2.20. The minimum atomic E-state index is -0.628. The molecule has 2 fully saturated rings. The van der Waals surface area contributed by atoms with Gasteiger partial charge in [0.2, 0.25) is 11.8 Å². The Balaban J connectivity index is 1.06. The molecule has 0 aliphatic carbocycles. The van der Waals surface area contributed by atoms with Crippen LogP contribution in [0.5, 0.6) is 5.75 Å². The summed E-state index contributed by atoms with van der Waals surface area (Å²) < 4.78 is 8.10. The largest absolute Gasteiger partial charge is 0.489 e. The van der Waals surface area contributed by atoms with Crippen molar-refractivity contribution in [3.63, 3.8) is 0 Å². The van der Waals surface area contributed by atoms with Crippen LogP contribution in [0.1, 0.15) is 46.3 Å². The van der Waals surface area contributed by atoms with Crippen LogP contribution in [0.25, 0.3) is 5.69 Å². The molecular formula is C29H29N7O4. The van der Waals surface area contributed by atoms with Gasteiger partial charge in [0.05, 0.1) is 23.1 Å². The number of nitrogens with one attached hydrogen (secondary N) is 2. The number of nitriles is 1. The van der Waals surface area contributed by atoms with Gasteiger partial charge in [-0.1, -0.05) is 0 Å². The molecule has 0 radical (unpaired) electrons. The SMILES string of the molecule is CNc1cc(-n2cc(CN3CC[C@H](Oc4ccc5c(c4)CN(C4CCC(=O)NC4=O)C5=O)C3)cn2)ccc1C#N. The van der Waals surface area contributed by atoms with Crippen LogP contribution in [0.15, 0.2) is 48.8 Å². The summed E-state index contributed by atoms with van der Waals surface area (Å²) in [6.45, 7) is 2.73. The van der Waals surface area contributed by atoms with Crippen molar-refractivity contribution in [3.05, 3.63) is 71.0 Å². The second-order valence-corrected chi connectivity index (χ2v) is 10.4. The maximum atomic E-state index is 12.9. The van der Waals surface area contributed by atoms with Crippen molar-refractivity contribution in [2.24, 2.45) is 0 Å². The Hall–Kier alpha value is -4.69. The molecule has 0 spiro atoms. The normalized spacial score (nSPS) is 20.8. The van der Waals surface area contributed by atoms with Gasteiger partial charge in [-0.3, -0.25) is 24.6 Å². The third-order valence-electron chi connectivity index (χ3n) is 7.73. The second-order valence-electron chi connectivity index (χ2n) is 10.4. The topological polar surface area (TPSA) is 133 Å². The highest BCUT2D eigenvalue weighted by Crippen LogP contribution is 2.31. The van der Waals surface area contributed by atoms with Crippen LogP contribution in [-0.2, 0) is 22.7 Å². The van der Waals surface area contributed by atoms with E-state index in [0.29, 0.717) is 29.8 Å². The lowest BCUT2D eigenvalue weighted by Gasteiger charge is -2.29. The Morgan fingerprint density at radius 3 is 2.85 bits per heavy atom. The lowest BCUT2D eigenvalue weighted by atomic mass is 10.0. The van der Waals surface area contributed by atoms with Crippen LogP contribution in [0, 0.1) is 11.3 Å². The molecule has 3 aromatic rings. The number of nitrogens with zero attached hydrogens (tertiary/aromatic N) is 5. The third kappa shape index (κ3) is 4.89. The van der Waals surface area contributed by atoms with Crippen molar-refractivity contribution in [2.75, 3.05) is 25.5 Å². The zero-order chi connectivity index (χ0) is 27.8. The Morgan fingerprint density at radius 2 is 2.05 bits per heavy atom. The molecule has 3 aliphatic heterocycles. The minimum Gasteiger partial charge on any atom is -0.489 e. The molecule has 1 aromatic heterocycles. The zero-order valence-electron chi connectivity index (χ0n) is 22.1. The average Bonchev–Trinajstić information content (AvgIpc) is 3.68. The van der Waals surface area contributed by atoms with E-state index in [-0.39, 0.29) is 24.3 Å². The second kappa shape index (κ2) is 10.5. The fourth-order valence-electron chi connectivity index (χ4n) is 5.67. The number of amides is 3. The maximum Gasteiger partial charge on any atom is 0.255 e. The number of anilines is 1. The van der Waals surface area contributed by atoms with E-state index in [4.69, 9.17) is 4.74 Å². The summed E-state index contributed by atoms with van der Waals surface area (Å²) in [6.07, 6.45) is 5.34. The number of piperidine rings is 1. The molecule has 6 rings (SSSR count). The van der Waals surface area contributed by atoms with Gasteiger partial charge >= 0.3 is 0 Å². The summed E-state index contributed by atoms with van der Waals surface area (Å²) in [5, 5.41) is 19.1. The molecule has 2 aromatic carbocycles. The summed E-state index contributed by atoms with van der Waals surface area (Å²) in [5.41, 5.74) is 4.72. The Morgan fingerprint density at radius 1 is 1.18 bits per heavy atom. The number of imide groups is 1. The van der Waals surface area contributed by atoms with E-state index in [1.54, 1.807) is 24.1 Å². The molecule has 2 saturated heterocycles. The molecule has 4 heterocycles. The molecule has 0 saturated carbocycles. The predicted molar refractivity (Wildman–Crippen MR) is 145 cm³/mol. The van der Waals surface area contributed by atoms with E-state index in [0.717, 1.165) is 48.6 Å². The molecule has 40 heavy (non-hydrogen) atoms. The summed E-state index contributed by atoms with van der Waals surface area (Å²) in [5.74, 6) is -0.190. The van der Waals surface area contributed by atoms with Gasteiger partial charge in [-0.2, -0.15) is 10.4 Å². The molecule has 1 unspecified atom stereocenters. The minimum absolute atomic E-state index is 0.0214. The van der Waals surface area contributed by atoms with Crippen molar-refractivity contribution in [1.29, 1.82) is 5.26 Å². The summed E-state index contributed by atoms with van der Waals surface area (Å²) in [4.78, 5) is 40.6. The summed E-state index contributed by atoms with van der Waals surface area (Å²) in [7, 11) is 1.79. The molecule has 3 aliphatic rings. The fourth-order valence-corrected chi connectivity index (χ4v) is 5.67. The van der Waals surface area contributed by atoms with Gasteiger partial charge < -0.3 is 15.0 Å². The molecule has 3 amide bonds. The molecule has 11 nitrogen and oxygen atoms in total. The highest BCUT2D eigenvalue weighted by atomic mass is 16.5. The number of aromatic nitrogens is 2. The van der Waals surface area contributed by atoms with Gasteiger partial charge in [0.1, 0.15) is 24.0 Å². The van der Waals surface area contributed by atoms with E-state index in [1.807, 2.05) is 41.3 Å². The van der Waals surface area contributed by atoms with E-state index in [9.17, 15) is 19.6 Å². The lowest BCUT2D eigenvalue weighted by molar-refractivity contribution is -0.136. The molecule has 0 bridgehead atoms. The van der Waals surface area contributed by atoms with Crippen LogP contribution in [0.3, 0.4) is 0 Å². The number of likely N-dealkylation sites (tertiary alicyclic amines) is 1. The Labute approximate surface area is 231 Å². The lowest BCUT2D eigenvalue weighted by Crippen LogP contribution is -2.52. The van der Waals surface area contributed by atoms with Crippen LogP contribution >= 0.6 is 0 Å². The number of benzene rings is 2. The Kier molecular flexibility index (Phi) is 6.69. The number of carbonyl (C=O) groups excluding carboxylic acids is 3. The average molecular weight is 540 g/mol. The quantitative estimate of drug-likeness (QED) is 0.437. The molecular weight excluding hydrogens is 510 g/mol. The molecule has 2 atom stereocenters. The first-order valence-corrected chi connectivity index (χ1v) is 13.3. The monoisotopic (exact) mass is 539 g/mol. The number of hydrogen-bond acceptors (Lipinski definition) is 8. The van der Waals surface area contributed by atoms with E-state index in [1.165, 1.54) is 0 Å². The highest BCUT2D eigenvalue weighted by molar-refractivity contribution is 6.05. The standard InChI is InChI=1S/C29H29N7O4/c1-31-25-11-21(3-2-19(25)12-30)36-15-18(13-32-36)14-34-9-8-23(17-34)40-22-4-5-24-20(10-22)16-35(29(24)39)26-6-7-27(37)33-28(26)38/h2-5,10-11,13,15,23,26,31H,6-9,14,16-17H2,1H3,(H,33,37,38)/t23-,26?/m0/s1. The van der Waals surface area contributed by atoms with E-state index >= 15 is 0 Å². The van der Waals surface area contributed by atoms with Gasteiger partial charge in [-0.15, -0.1) is 0 Å². The summed E-state index contributed by atoms with van der Waals surface area (Å²) in [6, 6.07) is 12.6. The smallest absolute Gasteiger partial charge is 0.255 e. The zero-order valence-corrected chi connectivity index (χ0v) is 22.1. The van der Waals surface area contributed by atoms with Gasteiger partial charge in [0, 0.05) is 57.0 Å². The van der Waals surface area contributed by atoms with Crippen molar-refractivity contribution in [2.45, 2.75) is 44.5 Å². The van der Waals surface area contributed by atoms with Crippen LogP contribution in [-0.4, -0.2) is 69.6 Å². The summed E-state index contributed by atoms with van der Waals surface area (Å²) >= 11 is 0. The first kappa shape index (κ1) is 25.6. The van der Waals surface area contributed by atoms with E-state index < -0.39 is 11.9 Å². The number of ether oxygens (including phenoxy) is 1. The number of fused-ring (bicyclic) bond motifs is 1. The van der Waals surface area contributed by atoms with Crippen molar-refractivity contribution in [1.82, 2.24) is 24.9 Å². The van der Waals surface area contributed by atoms with Crippen molar-refractivity contribution < 1.29 is 19.1 Å². The number of rotatable bonds is 7. The first-order valence-electron chi connectivity index (χ1n) is 13.3. The van der Waals surface area contributed by atoms with E-state index in [2.05, 4.69) is 26.7 Å². The van der Waals surface area contributed by atoms with Gasteiger partial charge in [0.15, 0.2) is 0 Å². The Bertz CT molecular complexity index is 1540. The molecule has 11 heteroatoms. The van der Waals surface area contributed by atoms with Gasteiger partial charge in [0.25, 0.3) is 5.91 Å². The van der Waals surface area contributed by atoms with Gasteiger partial charge in [-0.05, 0) is 54.8 Å². The van der Waals surface area contributed by atoms with Crippen LogP contribution in [0.2, 0.25) is 0 Å². The maximum absolute atomic E-state index is 12.9. The number of hydrogen-bond donors (Lipinski definition) is 2. The van der Waals surface area contributed by atoms with Crippen LogP contribution in [0.4, 0.5) is 5.69 Å². The van der Waals surface area contributed by atoms with Crippen molar-refractivity contribution in [3.8, 4) is 17.5 Å². The highest BCUT2D eigenvalue weighted by Gasteiger charge is 2.39. The van der Waals surface area contributed by atoms with Gasteiger partial charge in [-0.25, -0.2) is 4.68 Å². The van der Waals surface area contributed by atoms with Crippen molar-refractivity contribution >= 4 is 23.4 Å². The fraction of sp³-hybridized carbons (Fsp3) is 0.345. The molecule has 2 N–H and O–H groups in total.